The molecule has 2 unspecified atom stereocenters. The first-order valence-corrected chi connectivity index (χ1v) is 14.9. The molecule has 0 bridgehead atoms. The maximum Gasteiger partial charge on any atom is 0.412 e. The number of aromatic nitrogens is 2. The van der Waals surface area contributed by atoms with Crippen molar-refractivity contribution < 1.29 is 28.7 Å². The molecule has 45 heavy (non-hydrogen) atoms. The first kappa shape index (κ1) is 33.3. The number of ether oxygens (including phenoxy) is 2. The lowest BCUT2D eigenvalue weighted by atomic mass is 9.80. The zero-order valence-corrected chi connectivity index (χ0v) is 26.1. The Morgan fingerprint density at radius 3 is 2.44 bits per heavy atom. The minimum absolute atomic E-state index is 0.0387. The number of carbonyl (C=O) groups excluding carboxylic acids is 4. The van der Waals surface area contributed by atoms with Crippen molar-refractivity contribution in [2.24, 2.45) is 12.8 Å². The smallest absolute Gasteiger partial charge is 0.412 e. The van der Waals surface area contributed by atoms with E-state index in [1.54, 1.807) is 31.2 Å². The van der Waals surface area contributed by atoms with Gasteiger partial charge < -0.3 is 30.0 Å². The summed E-state index contributed by atoms with van der Waals surface area (Å²) in [6, 6.07) is 12.1. The SMILES string of the molecule is CCOC(=O)NC(=N)c1ccc(C(N)c2nc3cc(C(C)(CNCC(=O)CC(=O)OC)C(=O)N4CCCC4)ccc3n2C)cc1. The Kier molecular flexibility index (Phi) is 10.7. The van der Waals surface area contributed by atoms with Gasteiger partial charge in [-0.25, -0.2) is 9.78 Å². The molecule has 240 valence electrons. The summed E-state index contributed by atoms with van der Waals surface area (Å²) in [7, 11) is 3.11. The second kappa shape index (κ2) is 14.4. The minimum atomic E-state index is -0.998. The van der Waals surface area contributed by atoms with Crippen LogP contribution in [0.4, 0.5) is 4.79 Å². The van der Waals surface area contributed by atoms with Crippen molar-refractivity contribution in [1.82, 2.24) is 25.1 Å². The van der Waals surface area contributed by atoms with Crippen LogP contribution < -0.4 is 16.4 Å². The fourth-order valence-electron chi connectivity index (χ4n) is 5.51. The number of ketones is 1. The molecule has 1 saturated heterocycles. The number of rotatable bonds is 12. The molecule has 0 spiro atoms. The van der Waals surface area contributed by atoms with Gasteiger partial charge in [-0.1, -0.05) is 30.3 Å². The summed E-state index contributed by atoms with van der Waals surface area (Å²) < 4.78 is 11.3. The van der Waals surface area contributed by atoms with Crippen LogP contribution in [0, 0.1) is 5.41 Å². The molecule has 2 aromatic carbocycles. The van der Waals surface area contributed by atoms with Gasteiger partial charge in [0, 0.05) is 32.2 Å². The van der Waals surface area contributed by atoms with Crippen molar-refractivity contribution in [2.45, 2.75) is 44.6 Å². The van der Waals surface area contributed by atoms with Crippen LogP contribution in [-0.4, -0.2) is 83.9 Å². The van der Waals surface area contributed by atoms with Crippen molar-refractivity contribution in [2.75, 3.05) is 39.9 Å². The number of amides is 2. The number of methoxy groups -OCH3 is 1. The van der Waals surface area contributed by atoms with Gasteiger partial charge in [-0.2, -0.15) is 0 Å². The van der Waals surface area contributed by atoms with E-state index in [0.717, 1.165) is 29.5 Å². The molecule has 3 aromatic rings. The molecule has 1 fully saturated rings. The number of benzene rings is 2. The Labute approximate surface area is 261 Å². The summed E-state index contributed by atoms with van der Waals surface area (Å²) in [6.45, 7) is 5.23. The normalized spacial score (nSPS) is 14.9. The number of hydrogen-bond donors (Lipinski definition) is 4. The van der Waals surface area contributed by atoms with Crippen molar-refractivity contribution in [3.05, 3.63) is 65.0 Å². The van der Waals surface area contributed by atoms with E-state index in [-0.39, 0.29) is 43.6 Å². The lowest BCUT2D eigenvalue weighted by Crippen LogP contribution is -2.50. The number of nitrogens with zero attached hydrogens (tertiary/aromatic N) is 3. The van der Waals surface area contributed by atoms with E-state index in [1.165, 1.54) is 7.11 Å². The number of alkyl carbamates (subject to hydrolysis) is 1. The van der Waals surface area contributed by atoms with E-state index in [1.807, 2.05) is 41.6 Å². The van der Waals surface area contributed by atoms with Gasteiger partial charge in [0.25, 0.3) is 0 Å². The van der Waals surface area contributed by atoms with E-state index >= 15 is 0 Å². The predicted octanol–water partition coefficient (Wildman–Crippen LogP) is 2.29. The van der Waals surface area contributed by atoms with Crippen LogP contribution in [0.15, 0.2) is 42.5 Å². The lowest BCUT2D eigenvalue weighted by Gasteiger charge is -2.33. The predicted molar refractivity (Wildman–Crippen MR) is 168 cm³/mol. The van der Waals surface area contributed by atoms with E-state index in [0.29, 0.717) is 30.0 Å². The Morgan fingerprint density at radius 2 is 1.80 bits per heavy atom. The fourth-order valence-corrected chi connectivity index (χ4v) is 5.51. The van der Waals surface area contributed by atoms with Crippen molar-refractivity contribution in [3.63, 3.8) is 0 Å². The number of fused-ring (bicyclic) bond motifs is 1. The Hall–Kier alpha value is -4.62. The van der Waals surface area contributed by atoms with Crippen LogP contribution in [0.3, 0.4) is 0 Å². The number of amidine groups is 1. The molecular weight excluding hydrogens is 578 g/mol. The number of nitrogens with two attached hydrogens (primary N) is 1. The molecule has 2 atom stereocenters. The zero-order valence-electron chi connectivity index (χ0n) is 26.1. The lowest BCUT2D eigenvalue weighted by molar-refractivity contribution is -0.143. The van der Waals surface area contributed by atoms with E-state index in [9.17, 15) is 19.2 Å². The second-order valence-electron chi connectivity index (χ2n) is 11.3. The molecule has 13 heteroatoms. The number of imidazole rings is 1. The van der Waals surface area contributed by atoms with Crippen LogP contribution in [-0.2, 0) is 36.3 Å². The standard InChI is InChI=1S/C32H41N7O6/c1-5-45-31(43)37-28(34)21-10-8-20(9-11-21)27(33)29-36-24-16-22(12-13-25(24)38(29)3)32(2,30(42)39-14-6-7-15-39)19-35-18-23(40)17-26(41)44-4/h8-13,16,27,35H,5-7,14-15,17-19,33H2,1-4H3,(H2,34,37,43). The average Bonchev–Trinajstić information content (AvgIpc) is 3.68. The number of Topliss-reactive ketones (excluding diaryl/α,β-unsaturated/α-hetero) is 1. The van der Waals surface area contributed by atoms with Crippen LogP contribution in [0.5, 0.6) is 0 Å². The molecule has 1 aromatic heterocycles. The maximum atomic E-state index is 13.9. The van der Waals surface area contributed by atoms with Gasteiger partial charge in [-0.3, -0.25) is 25.1 Å². The van der Waals surface area contributed by atoms with E-state index in [4.69, 9.17) is 20.9 Å². The molecule has 0 radical (unpaired) electrons. The zero-order chi connectivity index (χ0) is 32.7. The highest BCUT2D eigenvalue weighted by atomic mass is 16.5. The first-order chi connectivity index (χ1) is 21.5. The molecule has 2 amide bonds. The second-order valence-corrected chi connectivity index (χ2v) is 11.3. The summed E-state index contributed by atoms with van der Waals surface area (Å²) in [5, 5.41) is 13.6. The van der Waals surface area contributed by atoms with Crippen LogP contribution >= 0.6 is 0 Å². The van der Waals surface area contributed by atoms with E-state index in [2.05, 4.69) is 15.4 Å². The van der Waals surface area contributed by atoms with Gasteiger partial charge in [-0.15, -0.1) is 0 Å². The topological polar surface area (TPSA) is 182 Å². The van der Waals surface area contributed by atoms with Gasteiger partial charge in [0.1, 0.15) is 18.1 Å². The van der Waals surface area contributed by atoms with Crippen LogP contribution in [0.25, 0.3) is 11.0 Å². The third kappa shape index (κ3) is 7.55. The molecule has 1 aliphatic heterocycles. The third-order valence-corrected chi connectivity index (χ3v) is 8.13. The highest BCUT2D eigenvalue weighted by molar-refractivity contribution is 6.04. The number of aryl methyl sites for hydroxylation is 1. The molecule has 0 aliphatic carbocycles. The number of esters is 1. The maximum absolute atomic E-state index is 13.9. The van der Waals surface area contributed by atoms with Crippen LogP contribution in [0.2, 0.25) is 0 Å². The molecule has 13 nitrogen and oxygen atoms in total. The monoisotopic (exact) mass is 619 g/mol. The highest BCUT2D eigenvalue weighted by Gasteiger charge is 2.39. The molecule has 2 heterocycles. The number of carbonyl (C=O) groups is 4. The van der Waals surface area contributed by atoms with E-state index < -0.39 is 23.5 Å². The molecule has 5 N–H and O–H groups in total. The first-order valence-electron chi connectivity index (χ1n) is 14.9. The molecule has 0 saturated carbocycles. The summed E-state index contributed by atoms with van der Waals surface area (Å²) in [5.41, 5.74) is 9.16. The molecular formula is C32H41N7O6. The summed E-state index contributed by atoms with van der Waals surface area (Å²) in [5.74, 6) is -0.444. The van der Waals surface area contributed by atoms with Gasteiger partial charge in [0.2, 0.25) is 5.91 Å². The highest BCUT2D eigenvalue weighted by Crippen LogP contribution is 2.31. The fraction of sp³-hybridized carbons (Fsp3) is 0.438. The van der Waals surface area contributed by atoms with Gasteiger partial charge >= 0.3 is 12.1 Å². The van der Waals surface area contributed by atoms with Crippen LogP contribution in [0.1, 0.15) is 61.7 Å². The number of likely N-dealkylation sites (tertiary alicyclic amines) is 1. The third-order valence-electron chi connectivity index (χ3n) is 8.13. The van der Waals surface area contributed by atoms with Gasteiger partial charge in [0.15, 0.2) is 5.78 Å². The summed E-state index contributed by atoms with van der Waals surface area (Å²) in [4.78, 5) is 56.0. The van der Waals surface area contributed by atoms with Gasteiger partial charge in [-0.05, 0) is 49.9 Å². The summed E-state index contributed by atoms with van der Waals surface area (Å²) >= 11 is 0. The summed E-state index contributed by atoms with van der Waals surface area (Å²) in [6.07, 6.45) is 0.858. The minimum Gasteiger partial charge on any atom is -0.469 e. The Morgan fingerprint density at radius 1 is 1.11 bits per heavy atom. The van der Waals surface area contributed by atoms with Crippen molar-refractivity contribution in [1.29, 1.82) is 5.41 Å². The molecule has 1 aliphatic rings. The number of nitrogens with one attached hydrogen (secondary N) is 3. The van der Waals surface area contributed by atoms with Crippen molar-refractivity contribution in [3.8, 4) is 0 Å². The molecule has 4 rings (SSSR count). The Balaban J connectivity index is 1.58. The van der Waals surface area contributed by atoms with Crippen molar-refractivity contribution >= 4 is 40.6 Å². The quantitative estimate of drug-likeness (QED) is 0.102. The number of hydrogen-bond acceptors (Lipinski definition) is 10. The van der Waals surface area contributed by atoms with Gasteiger partial charge in [0.05, 0.1) is 42.8 Å². The Bertz CT molecular complexity index is 1580. The average molecular weight is 620 g/mol. The largest absolute Gasteiger partial charge is 0.469 e.